The second kappa shape index (κ2) is 5.78. The van der Waals surface area contributed by atoms with Crippen LogP contribution in [-0.4, -0.2) is 39.5 Å². The highest BCUT2D eigenvalue weighted by atomic mass is 16.6. The van der Waals surface area contributed by atoms with Crippen LogP contribution in [0.2, 0.25) is 0 Å². The molecule has 112 valence electrons. The van der Waals surface area contributed by atoms with Crippen molar-refractivity contribution in [2.75, 3.05) is 24.6 Å². The summed E-state index contributed by atoms with van der Waals surface area (Å²) in [5.74, 6) is 1.01. The Labute approximate surface area is 118 Å². The number of aromatic nitrogens is 2. The van der Waals surface area contributed by atoms with Crippen LogP contribution >= 0.6 is 0 Å². The van der Waals surface area contributed by atoms with Crippen LogP contribution in [0.15, 0.2) is 0 Å². The van der Waals surface area contributed by atoms with Crippen LogP contribution in [0, 0.1) is 23.0 Å². The zero-order chi connectivity index (χ0) is 14.9. The normalized spacial score (nSPS) is 19.1. The molecule has 1 unspecified atom stereocenters. The lowest BCUT2D eigenvalue weighted by molar-refractivity contribution is -0.384. The SMILES string of the molecule is Cc1nn(C(C)C)c(N2CCC(CCO)C2)c1[N+](=O)[O-]. The quantitative estimate of drug-likeness (QED) is 0.658. The Morgan fingerprint density at radius 3 is 2.80 bits per heavy atom. The predicted octanol–water partition coefficient (Wildman–Crippen LogP) is 1.89. The van der Waals surface area contributed by atoms with E-state index >= 15 is 0 Å². The molecule has 1 aliphatic heterocycles. The molecule has 20 heavy (non-hydrogen) atoms. The lowest BCUT2D eigenvalue weighted by Crippen LogP contribution is -2.24. The lowest BCUT2D eigenvalue weighted by Gasteiger charge is -2.20. The van der Waals surface area contributed by atoms with Gasteiger partial charge in [-0.1, -0.05) is 0 Å². The minimum Gasteiger partial charge on any atom is -0.396 e. The van der Waals surface area contributed by atoms with E-state index in [0.717, 1.165) is 25.9 Å². The molecule has 1 N–H and O–H groups in total. The highest BCUT2D eigenvalue weighted by molar-refractivity contribution is 5.62. The summed E-state index contributed by atoms with van der Waals surface area (Å²) in [6.07, 6.45) is 1.71. The summed E-state index contributed by atoms with van der Waals surface area (Å²) in [5.41, 5.74) is 0.577. The molecule has 1 aromatic rings. The van der Waals surface area contributed by atoms with E-state index in [9.17, 15) is 10.1 Å². The van der Waals surface area contributed by atoms with Crippen LogP contribution in [-0.2, 0) is 0 Å². The van der Waals surface area contributed by atoms with Crippen molar-refractivity contribution in [1.82, 2.24) is 9.78 Å². The monoisotopic (exact) mass is 282 g/mol. The van der Waals surface area contributed by atoms with Gasteiger partial charge < -0.3 is 10.0 Å². The maximum absolute atomic E-state index is 11.3. The first-order valence-electron chi connectivity index (χ1n) is 7.05. The number of rotatable bonds is 5. The standard InChI is InChI=1S/C13H22N4O3/c1-9(2)16-13(12(17(19)20)10(3)14-16)15-6-4-11(8-15)5-7-18/h9,11,18H,4-8H2,1-3H3. The maximum Gasteiger partial charge on any atom is 0.333 e. The van der Waals surface area contributed by atoms with Gasteiger partial charge >= 0.3 is 5.69 Å². The van der Waals surface area contributed by atoms with Crippen molar-refractivity contribution in [2.24, 2.45) is 5.92 Å². The molecule has 7 heteroatoms. The van der Waals surface area contributed by atoms with Crippen molar-refractivity contribution in [3.05, 3.63) is 15.8 Å². The van der Waals surface area contributed by atoms with Crippen LogP contribution in [0.1, 0.15) is 38.4 Å². The van der Waals surface area contributed by atoms with Gasteiger partial charge in [-0.05, 0) is 39.5 Å². The number of nitro groups is 1. The van der Waals surface area contributed by atoms with Gasteiger partial charge in [-0.3, -0.25) is 10.1 Å². The van der Waals surface area contributed by atoms with Gasteiger partial charge in [-0.25, -0.2) is 4.68 Å². The largest absolute Gasteiger partial charge is 0.396 e. The molecule has 2 heterocycles. The van der Waals surface area contributed by atoms with E-state index in [2.05, 4.69) is 5.10 Å². The van der Waals surface area contributed by atoms with E-state index in [-0.39, 0.29) is 23.3 Å². The van der Waals surface area contributed by atoms with Crippen molar-refractivity contribution >= 4 is 11.5 Å². The van der Waals surface area contributed by atoms with E-state index in [1.165, 1.54) is 0 Å². The third kappa shape index (κ3) is 2.63. The van der Waals surface area contributed by atoms with Crippen molar-refractivity contribution in [2.45, 2.75) is 39.7 Å². The van der Waals surface area contributed by atoms with Crippen molar-refractivity contribution < 1.29 is 10.0 Å². The van der Waals surface area contributed by atoms with E-state index in [4.69, 9.17) is 5.11 Å². The zero-order valence-electron chi connectivity index (χ0n) is 12.2. The van der Waals surface area contributed by atoms with Gasteiger partial charge in [-0.15, -0.1) is 0 Å². The molecule has 1 saturated heterocycles. The summed E-state index contributed by atoms with van der Waals surface area (Å²) in [5, 5.41) is 24.7. The first-order chi connectivity index (χ1) is 9.45. The van der Waals surface area contributed by atoms with Gasteiger partial charge in [0, 0.05) is 25.7 Å². The van der Waals surface area contributed by atoms with Crippen LogP contribution in [0.3, 0.4) is 0 Å². The Bertz CT molecular complexity index is 498. The van der Waals surface area contributed by atoms with Crippen molar-refractivity contribution in [1.29, 1.82) is 0 Å². The minimum atomic E-state index is -0.337. The molecular weight excluding hydrogens is 260 g/mol. The molecule has 2 rings (SSSR count). The maximum atomic E-state index is 11.3. The van der Waals surface area contributed by atoms with Crippen molar-refractivity contribution in [3.8, 4) is 0 Å². The lowest BCUT2D eigenvalue weighted by atomic mass is 10.1. The second-order valence-electron chi connectivity index (χ2n) is 5.67. The van der Waals surface area contributed by atoms with Gasteiger partial charge in [0.1, 0.15) is 5.69 Å². The molecule has 0 radical (unpaired) electrons. The Balaban J connectivity index is 2.37. The van der Waals surface area contributed by atoms with E-state index in [0.29, 0.717) is 17.4 Å². The summed E-state index contributed by atoms with van der Waals surface area (Å²) in [6.45, 7) is 7.33. The summed E-state index contributed by atoms with van der Waals surface area (Å²) in [4.78, 5) is 13.0. The highest BCUT2D eigenvalue weighted by Gasteiger charge is 2.34. The highest BCUT2D eigenvalue weighted by Crippen LogP contribution is 2.36. The number of hydrogen-bond acceptors (Lipinski definition) is 5. The number of anilines is 1. The molecular formula is C13H22N4O3. The third-order valence-electron chi connectivity index (χ3n) is 3.82. The molecule has 0 bridgehead atoms. The average molecular weight is 282 g/mol. The number of aliphatic hydroxyl groups is 1. The average Bonchev–Trinajstić information content (AvgIpc) is 2.93. The van der Waals surface area contributed by atoms with Crippen LogP contribution < -0.4 is 4.90 Å². The second-order valence-corrected chi connectivity index (χ2v) is 5.67. The van der Waals surface area contributed by atoms with E-state index in [1.807, 2.05) is 18.7 Å². The molecule has 1 aliphatic rings. The van der Waals surface area contributed by atoms with Crippen LogP contribution in [0.4, 0.5) is 11.5 Å². The molecule has 1 atom stereocenters. The number of hydrogen-bond donors (Lipinski definition) is 1. The summed E-state index contributed by atoms with van der Waals surface area (Å²) in [6, 6.07) is 0.0780. The summed E-state index contributed by atoms with van der Waals surface area (Å²) in [7, 11) is 0. The third-order valence-corrected chi connectivity index (χ3v) is 3.82. The van der Waals surface area contributed by atoms with Gasteiger partial charge in [-0.2, -0.15) is 5.10 Å². The fraction of sp³-hybridized carbons (Fsp3) is 0.769. The van der Waals surface area contributed by atoms with Gasteiger partial charge in [0.05, 0.1) is 4.92 Å². The Morgan fingerprint density at radius 1 is 1.55 bits per heavy atom. The molecule has 0 aliphatic carbocycles. The van der Waals surface area contributed by atoms with Crippen molar-refractivity contribution in [3.63, 3.8) is 0 Å². The van der Waals surface area contributed by atoms with E-state index < -0.39 is 0 Å². The Morgan fingerprint density at radius 2 is 2.25 bits per heavy atom. The first-order valence-corrected chi connectivity index (χ1v) is 7.05. The van der Waals surface area contributed by atoms with E-state index in [1.54, 1.807) is 11.6 Å². The van der Waals surface area contributed by atoms with Gasteiger partial charge in [0.15, 0.2) is 0 Å². The molecule has 0 saturated carbocycles. The fourth-order valence-corrected chi connectivity index (χ4v) is 2.84. The zero-order valence-corrected chi connectivity index (χ0v) is 12.2. The molecule has 1 aromatic heterocycles. The molecule has 0 spiro atoms. The topological polar surface area (TPSA) is 84.4 Å². The smallest absolute Gasteiger partial charge is 0.333 e. The summed E-state index contributed by atoms with van der Waals surface area (Å²) >= 11 is 0. The first kappa shape index (κ1) is 14.8. The Kier molecular flexibility index (Phi) is 4.27. The van der Waals surface area contributed by atoms with Crippen LogP contribution in [0.5, 0.6) is 0 Å². The van der Waals surface area contributed by atoms with Gasteiger partial charge in [0.2, 0.25) is 5.82 Å². The predicted molar refractivity (Wildman–Crippen MR) is 76.0 cm³/mol. The molecule has 7 nitrogen and oxygen atoms in total. The summed E-state index contributed by atoms with van der Waals surface area (Å²) < 4.78 is 1.74. The molecule has 0 aromatic carbocycles. The fourth-order valence-electron chi connectivity index (χ4n) is 2.84. The number of aliphatic hydroxyl groups excluding tert-OH is 1. The molecule has 1 fully saturated rings. The Hall–Kier alpha value is -1.63. The van der Waals surface area contributed by atoms with Crippen LogP contribution in [0.25, 0.3) is 0 Å². The molecule has 0 amide bonds. The number of nitrogens with zero attached hydrogens (tertiary/aromatic N) is 4. The minimum absolute atomic E-state index is 0.0780. The number of aryl methyl sites for hydroxylation is 1. The van der Waals surface area contributed by atoms with Gasteiger partial charge in [0.25, 0.3) is 0 Å².